The first-order valence-electron chi connectivity index (χ1n) is 7.22. The molecular weight excluding hydrogens is 295 g/mol. The van der Waals surface area contributed by atoms with E-state index in [0.29, 0.717) is 5.92 Å². The Hall–Kier alpha value is -1.70. The quantitative estimate of drug-likeness (QED) is 0.635. The maximum absolute atomic E-state index is 11.5. The zero-order valence-electron chi connectivity index (χ0n) is 12.9. The van der Waals surface area contributed by atoms with Crippen molar-refractivity contribution in [3.63, 3.8) is 0 Å². The van der Waals surface area contributed by atoms with Crippen LogP contribution < -0.4 is 4.74 Å². The number of hydrogen-bond acceptors (Lipinski definition) is 4. The molecule has 2 aliphatic carbocycles. The lowest BCUT2D eigenvalue weighted by molar-refractivity contribution is -0.144. The molecule has 2 unspecified atom stereocenters. The van der Waals surface area contributed by atoms with E-state index >= 15 is 0 Å². The number of esters is 1. The SMILES string of the molecule is COc1ccc2c(c1)C(OC(C)=O)C1=C2CC(C)C([O][Al])=C1. The molecule has 0 spiro atoms. The number of hydrogen-bond donors (Lipinski definition) is 0. The van der Waals surface area contributed by atoms with Crippen molar-refractivity contribution in [1.82, 2.24) is 0 Å². The fraction of sp³-hybridized carbons (Fsp3) is 0.353. The van der Waals surface area contributed by atoms with Crippen molar-refractivity contribution in [3.05, 3.63) is 46.7 Å². The summed E-state index contributed by atoms with van der Waals surface area (Å²) in [5, 5.41) is 0. The molecule has 2 aliphatic rings. The lowest BCUT2D eigenvalue weighted by atomic mass is 9.88. The van der Waals surface area contributed by atoms with Gasteiger partial charge < -0.3 is 13.3 Å². The summed E-state index contributed by atoms with van der Waals surface area (Å²) in [5.41, 5.74) is 4.34. The molecule has 4 nitrogen and oxygen atoms in total. The van der Waals surface area contributed by atoms with Crippen LogP contribution in [-0.4, -0.2) is 29.7 Å². The highest BCUT2D eigenvalue weighted by Gasteiger charge is 2.36. The third kappa shape index (κ3) is 2.45. The van der Waals surface area contributed by atoms with Crippen LogP contribution in [0.15, 0.2) is 35.6 Å². The summed E-state index contributed by atoms with van der Waals surface area (Å²) in [5.74, 6) is 1.64. The monoisotopic (exact) mass is 312 g/mol. The molecule has 0 saturated heterocycles. The van der Waals surface area contributed by atoms with Gasteiger partial charge in [-0.2, -0.15) is 0 Å². The van der Waals surface area contributed by atoms with E-state index in [9.17, 15) is 4.79 Å². The maximum Gasteiger partial charge on any atom is 0.481 e. The number of rotatable bonds is 3. The van der Waals surface area contributed by atoms with Crippen molar-refractivity contribution in [1.29, 1.82) is 0 Å². The van der Waals surface area contributed by atoms with E-state index in [2.05, 4.69) is 23.5 Å². The van der Waals surface area contributed by atoms with Gasteiger partial charge >= 0.3 is 22.6 Å². The second kappa shape index (κ2) is 5.83. The molecule has 112 valence electrons. The largest absolute Gasteiger partial charge is 0.656 e. The van der Waals surface area contributed by atoms with E-state index < -0.39 is 0 Å². The minimum absolute atomic E-state index is 0.294. The van der Waals surface area contributed by atoms with Crippen LogP contribution in [0.3, 0.4) is 0 Å². The lowest BCUT2D eigenvalue weighted by Crippen LogP contribution is -2.12. The van der Waals surface area contributed by atoms with Crippen molar-refractivity contribution >= 4 is 28.2 Å². The first-order chi connectivity index (χ1) is 10.5. The summed E-state index contributed by atoms with van der Waals surface area (Å²) >= 11 is 2.29. The second-order valence-corrected chi connectivity index (χ2v) is 5.88. The zero-order chi connectivity index (χ0) is 15.9. The van der Waals surface area contributed by atoms with Gasteiger partial charge in [-0.3, -0.25) is 4.79 Å². The molecule has 0 saturated carbocycles. The molecule has 1 aromatic carbocycles. The molecule has 2 radical (unpaired) electrons. The Bertz CT molecular complexity index is 690. The first kappa shape index (κ1) is 15.2. The molecule has 0 N–H and O–H groups in total. The predicted octanol–water partition coefficient (Wildman–Crippen LogP) is 3.09. The highest BCUT2D eigenvalue weighted by atomic mass is 27.1. The number of carbonyl (C=O) groups is 1. The van der Waals surface area contributed by atoms with E-state index in [4.69, 9.17) is 13.3 Å². The van der Waals surface area contributed by atoms with Gasteiger partial charge in [0.25, 0.3) is 0 Å². The van der Waals surface area contributed by atoms with Crippen molar-refractivity contribution in [2.75, 3.05) is 7.11 Å². The zero-order valence-corrected chi connectivity index (χ0v) is 14.0. The average Bonchev–Trinajstić information content (AvgIpc) is 2.78. The van der Waals surface area contributed by atoms with Crippen molar-refractivity contribution in [2.24, 2.45) is 5.92 Å². The van der Waals surface area contributed by atoms with Crippen molar-refractivity contribution in [3.8, 4) is 5.75 Å². The summed E-state index contributed by atoms with van der Waals surface area (Å²) in [4.78, 5) is 11.5. The van der Waals surface area contributed by atoms with Gasteiger partial charge in [-0.05, 0) is 35.8 Å². The highest BCUT2D eigenvalue weighted by molar-refractivity contribution is 5.99. The summed E-state index contributed by atoms with van der Waals surface area (Å²) in [6.07, 6.45) is 2.48. The van der Waals surface area contributed by atoms with E-state index in [1.807, 2.05) is 24.3 Å². The Morgan fingerprint density at radius 3 is 2.77 bits per heavy atom. The number of ether oxygens (including phenoxy) is 2. The normalized spacial score (nSPS) is 22.6. The van der Waals surface area contributed by atoms with Crippen LogP contribution in [0.25, 0.3) is 5.57 Å². The van der Waals surface area contributed by atoms with E-state index in [0.717, 1.165) is 34.6 Å². The topological polar surface area (TPSA) is 44.8 Å². The smallest absolute Gasteiger partial charge is 0.481 e. The summed E-state index contributed by atoms with van der Waals surface area (Å²) in [6, 6.07) is 5.93. The van der Waals surface area contributed by atoms with Gasteiger partial charge in [-0.15, -0.1) is 0 Å². The predicted molar refractivity (Wildman–Crippen MR) is 83.1 cm³/mol. The Kier molecular flexibility index (Phi) is 4.03. The van der Waals surface area contributed by atoms with Crippen LogP contribution in [0.2, 0.25) is 0 Å². The molecular formula is C17H17AlO4. The van der Waals surface area contributed by atoms with Crippen LogP contribution in [-0.2, 0) is 13.3 Å². The Morgan fingerprint density at radius 2 is 2.14 bits per heavy atom. The Morgan fingerprint density at radius 1 is 1.36 bits per heavy atom. The lowest BCUT2D eigenvalue weighted by Gasteiger charge is -2.24. The van der Waals surface area contributed by atoms with Gasteiger partial charge in [0.05, 0.1) is 12.9 Å². The fourth-order valence-corrected chi connectivity index (χ4v) is 3.48. The molecule has 0 amide bonds. The van der Waals surface area contributed by atoms with Crippen molar-refractivity contribution < 1.29 is 18.1 Å². The summed E-state index contributed by atoms with van der Waals surface area (Å²) in [6.45, 7) is 3.56. The van der Waals surface area contributed by atoms with Gasteiger partial charge in [0, 0.05) is 24.0 Å². The van der Waals surface area contributed by atoms with E-state index in [-0.39, 0.29) is 12.1 Å². The second-order valence-electron chi connectivity index (χ2n) is 5.65. The third-order valence-corrected chi connectivity index (χ3v) is 4.48. The number of methoxy groups -OCH3 is 1. The fourth-order valence-electron chi connectivity index (χ4n) is 3.18. The van der Waals surface area contributed by atoms with Gasteiger partial charge in [-0.25, -0.2) is 0 Å². The molecule has 0 heterocycles. The van der Waals surface area contributed by atoms with E-state index in [1.165, 1.54) is 12.5 Å². The first-order valence-corrected chi connectivity index (χ1v) is 7.69. The molecule has 2 atom stereocenters. The number of allylic oxidation sites excluding steroid dienone is 2. The number of fused-ring (bicyclic) bond motifs is 2. The molecule has 3 rings (SSSR count). The molecule has 22 heavy (non-hydrogen) atoms. The number of benzene rings is 1. The highest BCUT2D eigenvalue weighted by Crippen LogP contribution is 2.50. The minimum Gasteiger partial charge on any atom is -0.656 e. The molecule has 1 aromatic rings. The average molecular weight is 312 g/mol. The van der Waals surface area contributed by atoms with Gasteiger partial charge in [0.1, 0.15) is 5.75 Å². The van der Waals surface area contributed by atoms with E-state index in [1.54, 1.807) is 7.11 Å². The van der Waals surface area contributed by atoms with Crippen LogP contribution in [0, 0.1) is 5.92 Å². The molecule has 5 heteroatoms. The van der Waals surface area contributed by atoms with Gasteiger partial charge in [0.15, 0.2) is 6.10 Å². The summed E-state index contributed by atoms with van der Waals surface area (Å²) in [7, 11) is 1.63. The molecule has 0 aromatic heterocycles. The van der Waals surface area contributed by atoms with Crippen LogP contribution in [0.1, 0.15) is 37.5 Å². The minimum atomic E-state index is -0.389. The maximum atomic E-state index is 11.5. The van der Waals surface area contributed by atoms with Crippen LogP contribution in [0.4, 0.5) is 0 Å². The Labute approximate surface area is 138 Å². The van der Waals surface area contributed by atoms with Crippen LogP contribution >= 0.6 is 0 Å². The molecule has 0 fully saturated rings. The Balaban J connectivity index is 2.12. The molecule has 0 aliphatic heterocycles. The number of carbonyl (C=O) groups excluding carboxylic acids is 1. The van der Waals surface area contributed by atoms with Gasteiger partial charge in [0.2, 0.25) is 0 Å². The van der Waals surface area contributed by atoms with Crippen LogP contribution in [0.5, 0.6) is 5.75 Å². The summed E-state index contributed by atoms with van der Waals surface area (Å²) < 4.78 is 16.3. The third-order valence-electron chi connectivity index (χ3n) is 4.21. The van der Waals surface area contributed by atoms with Gasteiger partial charge in [-0.1, -0.05) is 13.0 Å². The van der Waals surface area contributed by atoms with Crippen molar-refractivity contribution in [2.45, 2.75) is 26.4 Å². The standard InChI is InChI=1S/C17H18O4.Al/c1-9-6-13-12-5-4-11(20-3)7-14(12)17(21-10(2)18)15(13)8-16(9)19;/h4-5,7-9,17,19H,6H2,1-3H3;/q;+1/p-1. The molecule has 0 bridgehead atoms.